The highest BCUT2D eigenvalue weighted by Gasteiger charge is 2.31. The molecular formula is C23H16Cl2N2O3. The summed E-state index contributed by atoms with van der Waals surface area (Å²) < 4.78 is 11.4. The van der Waals surface area contributed by atoms with E-state index < -0.39 is 5.92 Å². The Balaban J connectivity index is 1.67. The number of phenolic OH excluding ortho intramolecular Hbond substituents is 1. The molecule has 0 fully saturated rings. The van der Waals surface area contributed by atoms with E-state index in [9.17, 15) is 10.4 Å². The van der Waals surface area contributed by atoms with Gasteiger partial charge in [0, 0.05) is 22.2 Å². The third-order valence-corrected chi connectivity index (χ3v) is 5.50. The SMILES string of the molecule is N#CC1=C(N)Oc2cc(O)ccc2[C@H]1c1ccc(OCc2ccccc2Cl)c(Cl)c1. The summed E-state index contributed by atoms with van der Waals surface area (Å²) in [6.07, 6.45) is 0. The van der Waals surface area contributed by atoms with Crippen molar-refractivity contribution in [2.75, 3.05) is 0 Å². The first-order chi connectivity index (χ1) is 14.5. The fourth-order valence-corrected chi connectivity index (χ4v) is 3.81. The number of hydrogen-bond acceptors (Lipinski definition) is 5. The van der Waals surface area contributed by atoms with Crippen molar-refractivity contribution in [3.05, 3.63) is 98.9 Å². The van der Waals surface area contributed by atoms with Gasteiger partial charge in [0.25, 0.3) is 0 Å². The summed E-state index contributed by atoms with van der Waals surface area (Å²) in [5.41, 5.74) is 8.54. The minimum atomic E-state index is -0.477. The zero-order chi connectivity index (χ0) is 21.3. The maximum Gasteiger partial charge on any atom is 0.205 e. The van der Waals surface area contributed by atoms with Crippen LogP contribution in [-0.4, -0.2) is 5.11 Å². The smallest absolute Gasteiger partial charge is 0.205 e. The highest BCUT2D eigenvalue weighted by atomic mass is 35.5. The van der Waals surface area contributed by atoms with E-state index in [1.165, 1.54) is 12.1 Å². The van der Waals surface area contributed by atoms with Crippen LogP contribution in [0.25, 0.3) is 0 Å². The molecule has 30 heavy (non-hydrogen) atoms. The second-order valence-corrected chi connectivity index (χ2v) is 7.53. The molecule has 3 aromatic rings. The van der Waals surface area contributed by atoms with Crippen molar-refractivity contribution in [2.24, 2.45) is 5.73 Å². The van der Waals surface area contributed by atoms with Crippen LogP contribution in [0.1, 0.15) is 22.6 Å². The number of nitrogens with zero attached hydrogens (tertiary/aromatic N) is 1. The third-order valence-electron chi connectivity index (χ3n) is 4.83. The average molecular weight is 439 g/mol. The number of rotatable bonds is 4. The van der Waals surface area contributed by atoms with Crippen molar-refractivity contribution in [2.45, 2.75) is 12.5 Å². The monoisotopic (exact) mass is 438 g/mol. The first-order valence-corrected chi connectivity index (χ1v) is 9.79. The molecule has 4 rings (SSSR count). The van der Waals surface area contributed by atoms with Gasteiger partial charge in [0.15, 0.2) is 0 Å². The lowest BCUT2D eigenvalue weighted by Crippen LogP contribution is -2.21. The molecule has 0 spiro atoms. The molecule has 3 N–H and O–H groups in total. The summed E-state index contributed by atoms with van der Waals surface area (Å²) in [5, 5.41) is 20.4. The molecule has 0 radical (unpaired) electrons. The maximum atomic E-state index is 9.76. The van der Waals surface area contributed by atoms with Gasteiger partial charge in [0.05, 0.1) is 10.9 Å². The molecule has 150 valence electrons. The number of benzene rings is 3. The topological polar surface area (TPSA) is 88.5 Å². The molecule has 7 heteroatoms. The molecule has 0 amide bonds. The van der Waals surface area contributed by atoms with Gasteiger partial charge in [-0.15, -0.1) is 0 Å². The Morgan fingerprint density at radius 2 is 1.87 bits per heavy atom. The van der Waals surface area contributed by atoms with Crippen LogP contribution < -0.4 is 15.2 Å². The zero-order valence-corrected chi connectivity index (χ0v) is 17.1. The van der Waals surface area contributed by atoms with E-state index in [-0.39, 0.29) is 23.8 Å². The number of nitriles is 1. The fourth-order valence-electron chi connectivity index (χ4n) is 3.37. The number of hydrogen-bond donors (Lipinski definition) is 2. The molecule has 1 heterocycles. The van der Waals surface area contributed by atoms with Crippen LogP contribution in [-0.2, 0) is 6.61 Å². The molecule has 5 nitrogen and oxygen atoms in total. The molecule has 0 bridgehead atoms. The van der Waals surface area contributed by atoms with E-state index >= 15 is 0 Å². The van der Waals surface area contributed by atoms with Gasteiger partial charge in [-0.25, -0.2) is 0 Å². The van der Waals surface area contributed by atoms with Crippen molar-refractivity contribution in [3.8, 4) is 23.3 Å². The average Bonchev–Trinajstić information content (AvgIpc) is 2.72. The van der Waals surface area contributed by atoms with Crippen LogP contribution >= 0.6 is 23.2 Å². The standard InChI is InChI=1S/C23H16Cl2N2O3/c24-18-4-2-1-3-14(18)12-29-20-8-5-13(9-19(20)25)22-16-7-6-15(28)10-21(16)30-23(27)17(22)11-26/h1-10,22,28H,12,27H2/t22-/m1/s1. The largest absolute Gasteiger partial charge is 0.508 e. The Morgan fingerprint density at radius 1 is 1.07 bits per heavy atom. The number of fused-ring (bicyclic) bond motifs is 1. The zero-order valence-electron chi connectivity index (χ0n) is 15.6. The minimum Gasteiger partial charge on any atom is -0.508 e. The van der Waals surface area contributed by atoms with Crippen molar-refractivity contribution in [3.63, 3.8) is 0 Å². The second kappa shape index (κ2) is 8.19. The molecule has 0 saturated carbocycles. The van der Waals surface area contributed by atoms with Gasteiger partial charge in [-0.1, -0.05) is 53.5 Å². The Labute approximate surface area is 183 Å². The van der Waals surface area contributed by atoms with Crippen molar-refractivity contribution >= 4 is 23.2 Å². The van der Waals surface area contributed by atoms with Crippen LogP contribution in [0.3, 0.4) is 0 Å². The third kappa shape index (κ3) is 3.76. The number of aromatic hydroxyl groups is 1. The maximum absolute atomic E-state index is 9.76. The van der Waals surface area contributed by atoms with Crippen LogP contribution in [0, 0.1) is 11.3 Å². The lowest BCUT2D eigenvalue weighted by atomic mass is 9.83. The Morgan fingerprint density at radius 3 is 2.60 bits per heavy atom. The summed E-state index contributed by atoms with van der Waals surface area (Å²) in [6.45, 7) is 0.272. The molecule has 0 unspecified atom stereocenters. The molecule has 1 aliphatic heterocycles. The number of phenols is 1. The van der Waals surface area contributed by atoms with Crippen LogP contribution in [0.4, 0.5) is 0 Å². The van der Waals surface area contributed by atoms with E-state index in [1.54, 1.807) is 24.3 Å². The molecule has 0 aromatic heterocycles. The normalized spacial score (nSPS) is 15.2. The summed E-state index contributed by atoms with van der Waals surface area (Å²) >= 11 is 12.6. The van der Waals surface area contributed by atoms with Gasteiger partial charge >= 0.3 is 0 Å². The summed E-state index contributed by atoms with van der Waals surface area (Å²) in [6, 6.07) is 19.5. The first-order valence-electron chi connectivity index (χ1n) is 9.04. The van der Waals surface area contributed by atoms with E-state index in [4.69, 9.17) is 38.4 Å². The van der Waals surface area contributed by atoms with Crippen molar-refractivity contribution in [1.29, 1.82) is 5.26 Å². The quantitative estimate of drug-likeness (QED) is 0.561. The van der Waals surface area contributed by atoms with E-state index in [1.807, 2.05) is 24.3 Å². The molecule has 0 saturated heterocycles. The fraction of sp³-hybridized carbons (Fsp3) is 0.0870. The van der Waals surface area contributed by atoms with Crippen LogP contribution in [0.15, 0.2) is 72.1 Å². The Hall–Kier alpha value is -3.33. The van der Waals surface area contributed by atoms with Crippen molar-refractivity contribution < 1.29 is 14.6 Å². The van der Waals surface area contributed by atoms with E-state index in [2.05, 4.69) is 6.07 Å². The summed E-state index contributed by atoms with van der Waals surface area (Å²) in [7, 11) is 0. The van der Waals surface area contributed by atoms with E-state index in [0.29, 0.717) is 27.1 Å². The van der Waals surface area contributed by atoms with Gasteiger partial charge in [-0.2, -0.15) is 5.26 Å². The van der Waals surface area contributed by atoms with E-state index in [0.717, 1.165) is 11.1 Å². The Bertz CT molecular complexity index is 1200. The molecular weight excluding hydrogens is 423 g/mol. The molecule has 0 aliphatic carbocycles. The summed E-state index contributed by atoms with van der Waals surface area (Å²) in [5.74, 6) is 0.452. The van der Waals surface area contributed by atoms with Crippen molar-refractivity contribution in [1.82, 2.24) is 0 Å². The lowest BCUT2D eigenvalue weighted by Gasteiger charge is -2.26. The second-order valence-electron chi connectivity index (χ2n) is 6.72. The summed E-state index contributed by atoms with van der Waals surface area (Å²) in [4.78, 5) is 0. The van der Waals surface area contributed by atoms with Gasteiger partial charge < -0.3 is 20.3 Å². The van der Waals surface area contributed by atoms with Gasteiger partial charge in [0.1, 0.15) is 35.5 Å². The highest BCUT2D eigenvalue weighted by Crippen LogP contribution is 2.44. The molecule has 1 atom stereocenters. The van der Waals surface area contributed by atoms with Crippen LogP contribution in [0.2, 0.25) is 10.0 Å². The number of allylic oxidation sites excluding steroid dienone is 1. The first kappa shape index (κ1) is 20.0. The molecule has 3 aromatic carbocycles. The predicted molar refractivity (Wildman–Crippen MR) is 115 cm³/mol. The predicted octanol–water partition coefficient (Wildman–Crippen LogP) is 5.50. The lowest BCUT2D eigenvalue weighted by molar-refractivity contribution is 0.306. The van der Waals surface area contributed by atoms with Gasteiger partial charge in [-0.3, -0.25) is 0 Å². The van der Waals surface area contributed by atoms with Gasteiger partial charge in [0.2, 0.25) is 5.88 Å². The molecule has 1 aliphatic rings. The number of ether oxygens (including phenoxy) is 2. The van der Waals surface area contributed by atoms with Gasteiger partial charge in [-0.05, 0) is 29.8 Å². The minimum absolute atomic E-state index is 0.00392. The number of nitrogens with two attached hydrogens (primary N) is 1. The highest BCUT2D eigenvalue weighted by molar-refractivity contribution is 6.32. The number of halogens is 2. The Kier molecular flexibility index (Phi) is 5.45. The van der Waals surface area contributed by atoms with Crippen LogP contribution in [0.5, 0.6) is 17.2 Å².